The summed E-state index contributed by atoms with van der Waals surface area (Å²) in [5.74, 6) is -0.541. The molecule has 1 aromatic carbocycles. The van der Waals surface area contributed by atoms with Crippen molar-refractivity contribution in [1.29, 1.82) is 0 Å². The lowest BCUT2D eigenvalue weighted by Gasteiger charge is -2.24. The minimum atomic E-state index is -0.562. The summed E-state index contributed by atoms with van der Waals surface area (Å²) >= 11 is 1.60. The normalized spacial score (nSPS) is 12.3. The highest BCUT2D eigenvalue weighted by atomic mass is 32.1. The summed E-state index contributed by atoms with van der Waals surface area (Å²) in [5.41, 5.74) is 2.43. The van der Waals surface area contributed by atoms with Gasteiger partial charge in [0.2, 0.25) is 5.91 Å². The summed E-state index contributed by atoms with van der Waals surface area (Å²) < 4.78 is 13.5. The van der Waals surface area contributed by atoms with Crippen LogP contribution in [-0.2, 0) is 11.3 Å². The molecule has 0 aliphatic rings. The molecule has 2 N–H and O–H groups in total. The third kappa shape index (κ3) is 3.94. The Morgan fingerprint density at radius 3 is 2.88 bits per heavy atom. The molecule has 3 aromatic rings. The fraction of sp³-hybridized carbons (Fsp3) is 0.222. The molecule has 0 fully saturated rings. The van der Waals surface area contributed by atoms with E-state index in [9.17, 15) is 9.18 Å². The number of H-pyrrole nitrogens is 1. The fourth-order valence-electron chi connectivity index (χ4n) is 2.72. The van der Waals surface area contributed by atoms with Crippen LogP contribution in [-0.4, -0.2) is 35.1 Å². The van der Waals surface area contributed by atoms with Crippen LogP contribution in [0.1, 0.15) is 17.2 Å². The molecule has 3 rings (SSSR count). The minimum Gasteiger partial charge on any atom is -0.350 e. The number of nitrogens with one attached hydrogen (secondary N) is 2. The lowest BCUT2D eigenvalue weighted by molar-refractivity contribution is -0.125. The maximum atomic E-state index is 13.5. The van der Waals surface area contributed by atoms with E-state index < -0.39 is 6.04 Å². The van der Waals surface area contributed by atoms with E-state index in [2.05, 4.69) is 15.5 Å². The molecule has 0 bridgehead atoms. The molecular formula is C18H19FN4OS. The largest absolute Gasteiger partial charge is 0.350 e. The van der Waals surface area contributed by atoms with Gasteiger partial charge in [-0.2, -0.15) is 5.10 Å². The summed E-state index contributed by atoms with van der Waals surface area (Å²) in [5, 5.41) is 12.0. The van der Waals surface area contributed by atoms with Gasteiger partial charge in [-0.15, -0.1) is 11.3 Å². The van der Waals surface area contributed by atoms with Crippen molar-refractivity contribution in [2.45, 2.75) is 12.6 Å². The van der Waals surface area contributed by atoms with Crippen molar-refractivity contribution >= 4 is 17.2 Å². The van der Waals surface area contributed by atoms with Crippen LogP contribution in [0.15, 0.2) is 48.0 Å². The summed E-state index contributed by atoms with van der Waals surface area (Å²) in [6.45, 7) is 0.349. The Kier molecular flexibility index (Phi) is 5.25. The number of hydrogen-bond acceptors (Lipinski definition) is 4. The van der Waals surface area contributed by atoms with Gasteiger partial charge in [-0.1, -0.05) is 18.2 Å². The van der Waals surface area contributed by atoms with Crippen LogP contribution in [0.4, 0.5) is 4.39 Å². The lowest BCUT2D eigenvalue weighted by atomic mass is 10.0. The summed E-state index contributed by atoms with van der Waals surface area (Å²) in [7, 11) is 3.59. The van der Waals surface area contributed by atoms with Crippen molar-refractivity contribution in [1.82, 2.24) is 20.4 Å². The number of benzene rings is 1. The fourth-order valence-corrected chi connectivity index (χ4v) is 3.47. The van der Waals surface area contributed by atoms with E-state index in [0.717, 1.165) is 16.1 Å². The first kappa shape index (κ1) is 17.3. The molecule has 0 radical (unpaired) electrons. The molecular weight excluding hydrogens is 339 g/mol. The van der Waals surface area contributed by atoms with Crippen LogP contribution in [0.2, 0.25) is 0 Å². The van der Waals surface area contributed by atoms with E-state index in [1.54, 1.807) is 48.7 Å². The average molecular weight is 358 g/mol. The van der Waals surface area contributed by atoms with Crippen LogP contribution >= 0.6 is 11.3 Å². The van der Waals surface area contributed by atoms with E-state index in [1.807, 2.05) is 17.5 Å². The molecule has 0 saturated carbocycles. The van der Waals surface area contributed by atoms with Gasteiger partial charge in [-0.25, -0.2) is 4.39 Å². The molecule has 130 valence electrons. The van der Waals surface area contributed by atoms with Crippen molar-refractivity contribution < 1.29 is 9.18 Å². The van der Waals surface area contributed by atoms with Gasteiger partial charge >= 0.3 is 0 Å². The Morgan fingerprint density at radius 1 is 1.36 bits per heavy atom. The molecule has 0 spiro atoms. The van der Waals surface area contributed by atoms with Crippen LogP contribution in [0.5, 0.6) is 0 Å². The highest BCUT2D eigenvalue weighted by Gasteiger charge is 2.23. The van der Waals surface area contributed by atoms with Gasteiger partial charge in [-0.05, 0) is 43.2 Å². The number of aromatic amines is 1. The zero-order chi connectivity index (χ0) is 17.8. The average Bonchev–Trinajstić information content (AvgIpc) is 3.24. The van der Waals surface area contributed by atoms with Crippen molar-refractivity contribution in [3.8, 4) is 10.6 Å². The van der Waals surface area contributed by atoms with Gasteiger partial charge in [-0.3, -0.25) is 14.8 Å². The van der Waals surface area contributed by atoms with Crippen LogP contribution in [0.25, 0.3) is 10.6 Å². The second-order valence-corrected chi connectivity index (χ2v) is 6.83. The predicted molar refractivity (Wildman–Crippen MR) is 96.6 cm³/mol. The number of hydrogen-bond donors (Lipinski definition) is 2. The van der Waals surface area contributed by atoms with Gasteiger partial charge in [0.1, 0.15) is 11.9 Å². The Labute approximate surface area is 149 Å². The molecule has 0 saturated heterocycles. The number of carbonyl (C=O) groups excluding carboxylic acids is 1. The number of likely N-dealkylation sites (N-methyl/N-ethyl adjacent to an activating group) is 1. The van der Waals surface area contributed by atoms with E-state index in [1.165, 1.54) is 12.1 Å². The lowest BCUT2D eigenvalue weighted by Crippen LogP contribution is -2.36. The summed E-state index contributed by atoms with van der Waals surface area (Å²) in [4.78, 5) is 15.5. The Bertz CT molecular complexity index is 844. The van der Waals surface area contributed by atoms with Gasteiger partial charge in [0.15, 0.2) is 0 Å². The molecule has 2 heterocycles. The van der Waals surface area contributed by atoms with E-state index in [-0.39, 0.29) is 11.7 Å². The van der Waals surface area contributed by atoms with Gasteiger partial charge in [0.25, 0.3) is 0 Å². The van der Waals surface area contributed by atoms with E-state index in [4.69, 9.17) is 0 Å². The van der Waals surface area contributed by atoms with Gasteiger partial charge in [0, 0.05) is 12.1 Å². The first-order chi connectivity index (χ1) is 12.1. The maximum Gasteiger partial charge on any atom is 0.242 e. The number of thiophene rings is 1. The highest BCUT2D eigenvalue weighted by molar-refractivity contribution is 7.13. The summed E-state index contributed by atoms with van der Waals surface area (Å²) in [6, 6.07) is 9.52. The predicted octanol–water partition coefficient (Wildman–Crippen LogP) is 3.20. The first-order valence-corrected chi connectivity index (χ1v) is 8.70. The zero-order valence-corrected chi connectivity index (χ0v) is 14.8. The topological polar surface area (TPSA) is 61.0 Å². The van der Waals surface area contributed by atoms with Crippen molar-refractivity contribution in [2.24, 2.45) is 0 Å². The SMILES string of the molecule is CN(C)C(C(=O)NCc1cn[nH]c1-c1cccs1)c1cccc(F)c1. The second kappa shape index (κ2) is 7.58. The molecule has 5 nitrogen and oxygen atoms in total. The molecule has 25 heavy (non-hydrogen) atoms. The molecule has 0 aliphatic heterocycles. The smallest absolute Gasteiger partial charge is 0.242 e. The molecule has 7 heteroatoms. The standard InChI is InChI=1S/C18H19FN4OS/c1-23(2)17(12-5-3-6-14(19)9-12)18(24)20-10-13-11-21-22-16(13)15-7-4-8-25-15/h3-9,11,17H,10H2,1-2H3,(H,20,24)(H,21,22). The molecule has 2 aromatic heterocycles. The van der Waals surface area contributed by atoms with Gasteiger partial charge < -0.3 is 5.32 Å². The van der Waals surface area contributed by atoms with E-state index >= 15 is 0 Å². The number of amides is 1. The number of rotatable bonds is 6. The minimum absolute atomic E-state index is 0.186. The quantitative estimate of drug-likeness (QED) is 0.711. The number of nitrogens with zero attached hydrogens (tertiary/aromatic N) is 2. The Morgan fingerprint density at radius 2 is 2.20 bits per heavy atom. The Hall–Kier alpha value is -2.51. The molecule has 0 aliphatic carbocycles. The van der Waals surface area contributed by atoms with E-state index in [0.29, 0.717) is 12.1 Å². The molecule has 1 unspecified atom stereocenters. The zero-order valence-electron chi connectivity index (χ0n) is 14.0. The maximum absolute atomic E-state index is 13.5. The van der Waals surface area contributed by atoms with Crippen molar-refractivity contribution in [2.75, 3.05) is 14.1 Å². The Balaban J connectivity index is 1.74. The molecule has 1 atom stereocenters. The summed E-state index contributed by atoms with van der Waals surface area (Å²) in [6.07, 6.45) is 1.71. The molecule has 1 amide bonds. The third-order valence-electron chi connectivity index (χ3n) is 3.87. The highest BCUT2D eigenvalue weighted by Crippen LogP contribution is 2.26. The monoisotopic (exact) mass is 358 g/mol. The van der Waals surface area contributed by atoms with Crippen LogP contribution < -0.4 is 5.32 Å². The van der Waals surface area contributed by atoms with Crippen LogP contribution in [0, 0.1) is 5.82 Å². The number of halogens is 1. The number of carbonyl (C=O) groups is 1. The first-order valence-electron chi connectivity index (χ1n) is 7.82. The van der Waals surface area contributed by atoms with Crippen molar-refractivity contribution in [3.63, 3.8) is 0 Å². The second-order valence-electron chi connectivity index (χ2n) is 5.89. The van der Waals surface area contributed by atoms with Crippen molar-refractivity contribution in [3.05, 3.63) is 64.9 Å². The van der Waals surface area contributed by atoms with Crippen LogP contribution in [0.3, 0.4) is 0 Å². The third-order valence-corrected chi connectivity index (χ3v) is 4.76. The van der Waals surface area contributed by atoms with Gasteiger partial charge in [0.05, 0.1) is 16.8 Å². The number of aromatic nitrogens is 2.